The fraction of sp³-hybridized carbons (Fsp3) is 0.462. The van der Waals surface area contributed by atoms with Crippen LogP contribution in [0.2, 0.25) is 0 Å². The van der Waals surface area contributed by atoms with Crippen molar-refractivity contribution in [2.75, 3.05) is 19.7 Å². The number of aliphatic hydroxyl groups excluding tert-OH is 1. The maximum Gasteiger partial charge on any atom is 0.222 e. The summed E-state index contributed by atoms with van der Waals surface area (Å²) < 4.78 is 12.7. The largest absolute Gasteiger partial charge is 0.396 e. The van der Waals surface area contributed by atoms with Crippen molar-refractivity contribution in [1.29, 1.82) is 0 Å². The minimum atomic E-state index is -0.256. The first-order valence-corrected chi connectivity index (χ1v) is 5.82. The summed E-state index contributed by atoms with van der Waals surface area (Å²) in [6.07, 6.45) is 1.09. The van der Waals surface area contributed by atoms with Crippen LogP contribution in [0.3, 0.4) is 0 Å². The van der Waals surface area contributed by atoms with Gasteiger partial charge in [-0.05, 0) is 24.1 Å². The smallest absolute Gasteiger partial charge is 0.222 e. The molecule has 1 aliphatic heterocycles. The van der Waals surface area contributed by atoms with Crippen LogP contribution < -0.4 is 0 Å². The predicted molar refractivity (Wildman–Crippen MR) is 61.9 cm³/mol. The van der Waals surface area contributed by atoms with Gasteiger partial charge in [0.2, 0.25) is 5.91 Å². The van der Waals surface area contributed by atoms with E-state index in [9.17, 15) is 9.18 Å². The Bertz CT molecular complexity index is 385. The molecule has 1 amide bonds. The van der Waals surface area contributed by atoms with Gasteiger partial charge in [-0.1, -0.05) is 12.1 Å². The van der Waals surface area contributed by atoms with Crippen LogP contribution in [0.15, 0.2) is 24.3 Å². The summed E-state index contributed by atoms with van der Waals surface area (Å²) >= 11 is 0. The molecule has 0 aromatic heterocycles. The van der Waals surface area contributed by atoms with Crippen molar-refractivity contribution in [3.8, 4) is 0 Å². The first-order valence-electron chi connectivity index (χ1n) is 5.82. The summed E-state index contributed by atoms with van der Waals surface area (Å²) in [5.41, 5.74) is 0.971. The van der Waals surface area contributed by atoms with E-state index in [1.807, 2.05) is 0 Å². The van der Waals surface area contributed by atoms with Crippen LogP contribution in [0.5, 0.6) is 0 Å². The molecule has 0 atom stereocenters. The molecule has 1 saturated heterocycles. The minimum Gasteiger partial charge on any atom is -0.396 e. The first-order chi connectivity index (χ1) is 8.19. The fourth-order valence-corrected chi connectivity index (χ4v) is 1.95. The van der Waals surface area contributed by atoms with E-state index >= 15 is 0 Å². The molecular formula is C13H16FNO2. The molecule has 1 aliphatic rings. The van der Waals surface area contributed by atoms with Crippen molar-refractivity contribution in [2.45, 2.75) is 12.8 Å². The maximum atomic E-state index is 12.7. The molecule has 1 fully saturated rings. The number of carbonyl (C=O) groups excluding carboxylic acids is 1. The summed E-state index contributed by atoms with van der Waals surface area (Å²) in [5.74, 6) is 0.109. The first kappa shape index (κ1) is 12.0. The summed E-state index contributed by atoms with van der Waals surface area (Å²) in [6, 6.07) is 6.22. The molecule has 0 aliphatic carbocycles. The van der Waals surface area contributed by atoms with Gasteiger partial charge >= 0.3 is 0 Å². The van der Waals surface area contributed by atoms with Gasteiger partial charge in [0.25, 0.3) is 0 Å². The van der Waals surface area contributed by atoms with Crippen molar-refractivity contribution < 1.29 is 14.3 Å². The molecule has 92 valence electrons. The van der Waals surface area contributed by atoms with Crippen LogP contribution in [0.4, 0.5) is 4.39 Å². The molecule has 1 heterocycles. The quantitative estimate of drug-likeness (QED) is 0.855. The number of halogens is 1. The van der Waals surface area contributed by atoms with Gasteiger partial charge in [0.1, 0.15) is 5.82 Å². The number of amides is 1. The van der Waals surface area contributed by atoms with E-state index in [1.54, 1.807) is 17.0 Å². The van der Waals surface area contributed by atoms with Gasteiger partial charge in [-0.25, -0.2) is 4.39 Å². The Morgan fingerprint density at radius 1 is 1.35 bits per heavy atom. The molecule has 1 N–H and O–H groups in total. The monoisotopic (exact) mass is 237 g/mol. The van der Waals surface area contributed by atoms with E-state index < -0.39 is 0 Å². The van der Waals surface area contributed by atoms with Crippen LogP contribution >= 0.6 is 0 Å². The maximum absolute atomic E-state index is 12.7. The predicted octanol–water partition coefficient (Wildman–Crippen LogP) is 1.21. The lowest BCUT2D eigenvalue weighted by molar-refractivity contribution is -0.138. The summed E-state index contributed by atoms with van der Waals surface area (Å²) in [7, 11) is 0. The number of carbonyl (C=O) groups is 1. The average molecular weight is 237 g/mol. The summed E-state index contributed by atoms with van der Waals surface area (Å²) in [6.45, 7) is 1.49. The Balaban J connectivity index is 1.75. The minimum absolute atomic E-state index is 0.110. The van der Waals surface area contributed by atoms with Crippen molar-refractivity contribution in [2.24, 2.45) is 5.92 Å². The molecule has 0 bridgehead atoms. The number of aryl methyl sites for hydroxylation is 1. The summed E-state index contributed by atoms with van der Waals surface area (Å²) in [4.78, 5) is 13.5. The number of hydrogen-bond acceptors (Lipinski definition) is 2. The Hall–Kier alpha value is -1.42. The van der Waals surface area contributed by atoms with Gasteiger partial charge in [-0.15, -0.1) is 0 Å². The molecule has 0 saturated carbocycles. The SMILES string of the molecule is O=C(CCc1ccc(F)cc1)N1CC(CO)C1. The number of rotatable bonds is 4. The molecule has 0 radical (unpaired) electrons. The third-order valence-corrected chi connectivity index (χ3v) is 3.11. The zero-order valence-corrected chi connectivity index (χ0v) is 9.60. The van der Waals surface area contributed by atoms with Crippen molar-refractivity contribution >= 4 is 5.91 Å². The lowest BCUT2D eigenvalue weighted by atomic mass is 10.00. The van der Waals surface area contributed by atoms with E-state index in [4.69, 9.17) is 5.11 Å². The fourth-order valence-electron chi connectivity index (χ4n) is 1.95. The van der Waals surface area contributed by atoms with E-state index in [-0.39, 0.29) is 24.2 Å². The molecule has 0 unspecified atom stereocenters. The van der Waals surface area contributed by atoms with Crippen molar-refractivity contribution in [1.82, 2.24) is 4.90 Å². The number of aliphatic hydroxyl groups is 1. The lowest BCUT2D eigenvalue weighted by Crippen LogP contribution is -2.51. The van der Waals surface area contributed by atoms with Crippen molar-refractivity contribution in [3.05, 3.63) is 35.6 Å². The van der Waals surface area contributed by atoms with Gasteiger partial charge in [-0.3, -0.25) is 4.79 Å². The molecule has 17 heavy (non-hydrogen) atoms. The molecule has 3 nitrogen and oxygen atoms in total. The van der Waals surface area contributed by atoms with Crippen LogP contribution in [0, 0.1) is 11.7 Å². The molecule has 4 heteroatoms. The molecule has 1 aromatic carbocycles. The summed E-state index contributed by atoms with van der Waals surface area (Å²) in [5, 5.41) is 8.85. The van der Waals surface area contributed by atoms with Crippen LogP contribution in [-0.2, 0) is 11.2 Å². The van der Waals surface area contributed by atoms with E-state index in [0.717, 1.165) is 5.56 Å². The standard InChI is InChI=1S/C13H16FNO2/c14-12-4-1-10(2-5-12)3-6-13(17)15-7-11(8-15)9-16/h1-2,4-5,11,16H,3,6-9H2. The third kappa shape index (κ3) is 3.03. The normalized spacial score (nSPS) is 15.8. The zero-order chi connectivity index (χ0) is 12.3. The molecular weight excluding hydrogens is 221 g/mol. The third-order valence-electron chi connectivity index (χ3n) is 3.11. The van der Waals surface area contributed by atoms with Gasteiger partial charge in [0.15, 0.2) is 0 Å². The highest BCUT2D eigenvalue weighted by Crippen LogP contribution is 2.16. The van der Waals surface area contributed by atoms with E-state index in [2.05, 4.69) is 0 Å². The second kappa shape index (κ2) is 5.27. The average Bonchev–Trinajstić information content (AvgIpc) is 2.27. The number of hydrogen-bond donors (Lipinski definition) is 1. The molecule has 0 spiro atoms. The van der Waals surface area contributed by atoms with Gasteiger partial charge in [0.05, 0.1) is 0 Å². The Morgan fingerprint density at radius 3 is 2.59 bits per heavy atom. The van der Waals surface area contributed by atoms with E-state index in [0.29, 0.717) is 25.9 Å². The highest BCUT2D eigenvalue weighted by molar-refractivity contribution is 5.77. The van der Waals surface area contributed by atoms with Crippen molar-refractivity contribution in [3.63, 3.8) is 0 Å². The number of nitrogens with zero attached hydrogens (tertiary/aromatic N) is 1. The number of benzene rings is 1. The Labute approximate surface area is 99.9 Å². The Morgan fingerprint density at radius 2 is 2.00 bits per heavy atom. The zero-order valence-electron chi connectivity index (χ0n) is 9.60. The number of likely N-dealkylation sites (tertiary alicyclic amines) is 1. The second-order valence-electron chi connectivity index (χ2n) is 4.47. The van der Waals surface area contributed by atoms with Crippen LogP contribution in [0.25, 0.3) is 0 Å². The van der Waals surface area contributed by atoms with Gasteiger partial charge in [-0.2, -0.15) is 0 Å². The second-order valence-corrected chi connectivity index (χ2v) is 4.47. The van der Waals surface area contributed by atoms with Gasteiger partial charge in [0, 0.05) is 32.0 Å². The Kier molecular flexibility index (Phi) is 3.74. The highest BCUT2D eigenvalue weighted by atomic mass is 19.1. The highest BCUT2D eigenvalue weighted by Gasteiger charge is 2.29. The topological polar surface area (TPSA) is 40.5 Å². The molecule has 1 aromatic rings. The lowest BCUT2D eigenvalue weighted by Gasteiger charge is -2.38. The van der Waals surface area contributed by atoms with Gasteiger partial charge < -0.3 is 10.0 Å². The van der Waals surface area contributed by atoms with Crippen LogP contribution in [0.1, 0.15) is 12.0 Å². The molecule has 2 rings (SSSR count). The van der Waals surface area contributed by atoms with Crippen LogP contribution in [-0.4, -0.2) is 35.6 Å². The van der Waals surface area contributed by atoms with E-state index in [1.165, 1.54) is 12.1 Å².